The molecule has 122 valence electrons. The zero-order chi connectivity index (χ0) is 17.0. The number of nitrogens with one attached hydrogen (secondary N) is 2. The fourth-order valence-corrected chi connectivity index (χ4v) is 2.94. The minimum absolute atomic E-state index is 0.0581. The third-order valence-electron chi connectivity index (χ3n) is 2.92. The van der Waals surface area contributed by atoms with E-state index in [4.69, 9.17) is 0 Å². The van der Waals surface area contributed by atoms with Crippen LogP contribution in [0.5, 0.6) is 0 Å². The smallest absolute Gasteiger partial charge is 0.255 e. The predicted molar refractivity (Wildman–Crippen MR) is 81.6 cm³/mol. The molecule has 0 aliphatic heterocycles. The summed E-state index contributed by atoms with van der Waals surface area (Å²) in [6, 6.07) is 8.32. The van der Waals surface area contributed by atoms with Crippen molar-refractivity contribution < 1.29 is 22.0 Å². The number of carbonyl (C=O) groups excluding carboxylic acids is 1. The van der Waals surface area contributed by atoms with Gasteiger partial charge in [0.25, 0.3) is 5.91 Å². The highest BCUT2D eigenvalue weighted by molar-refractivity contribution is 7.89. The molecular weight excluding hydrogens is 326 g/mol. The SMILES string of the molecule is CCNS(=O)(=O)c1cccc(C(=O)Nc2ccc(F)c(F)c2)c1. The van der Waals surface area contributed by atoms with E-state index < -0.39 is 27.6 Å². The van der Waals surface area contributed by atoms with E-state index in [2.05, 4.69) is 10.0 Å². The number of carbonyl (C=O) groups is 1. The van der Waals surface area contributed by atoms with Crippen molar-refractivity contribution >= 4 is 21.6 Å². The molecule has 23 heavy (non-hydrogen) atoms. The molecule has 0 fully saturated rings. The van der Waals surface area contributed by atoms with Crippen molar-refractivity contribution in [2.45, 2.75) is 11.8 Å². The van der Waals surface area contributed by atoms with Crippen LogP contribution in [0.3, 0.4) is 0 Å². The first-order valence-corrected chi connectivity index (χ1v) is 8.18. The average molecular weight is 340 g/mol. The molecule has 2 rings (SSSR count). The molecule has 1 amide bonds. The fraction of sp³-hybridized carbons (Fsp3) is 0.133. The molecule has 5 nitrogen and oxygen atoms in total. The highest BCUT2D eigenvalue weighted by Crippen LogP contribution is 2.16. The monoisotopic (exact) mass is 340 g/mol. The molecule has 8 heteroatoms. The lowest BCUT2D eigenvalue weighted by Crippen LogP contribution is -2.23. The van der Waals surface area contributed by atoms with Crippen LogP contribution in [0.1, 0.15) is 17.3 Å². The molecule has 0 aliphatic carbocycles. The Kier molecular flexibility index (Phi) is 5.07. The van der Waals surface area contributed by atoms with Gasteiger partial charge in [-0.05, 0) is 30.3 Å². The summed E-state index contributed by atoms with van der Waals surface area (Å²) >= 11 is 0. The third-order valence-corrected chi connectivity index (χ3v) is 4.46. The van der Waals surface area contributed by atoms with Gasteiger partial charge in [0.15, 0.2) is 11.6 Å². The summed E-state index contributed by atoms with van der Waals surface area (Å²) in [7, 11) is -3.69. The zero-order valence-corrected chi connectivity index (χ0v) is 13.0. The van der Waals surface area contributed by atoms with Gasteiger partial charge in [0, 0.05) is 23.9 Å². The van der Waals surface area contributed by atoms with Crippen LogP contribution in [0.15, 0.2) is 47.4 Å². The minimum atomic E-state index is -3.69. The maximum absolute atomic E-state index is 13.1. The van der Waals surface area contributed by atoms with Gasteiger partial charge >= 0.3 is 0 Å². The molecule has 0 aliphatic rings. The number of hydrogen-bond acceptors (Lipinski definition) is 3. The summed E-state index contributed by atoms with van der Waals surface area (Å²) in [4.78, 5) is 12.0. The van der Waals surface area contributed by atoms with Crippen LogP contribution in [0.25, 0.3) is 0 Å². The normalized spacial score (nSPS) is 11.3. The first-order valence-electron chi connectivity index (χ1n) is 6.69. The number of hydrogen-bond donors (Lipinski definition) is 2. The Balaban J connectivity index is 2.24. The second kappa shape index (κ2) is 6.84. The van der Waals surface area contributed by atoms with Gasteiger partial charge in [-0.2, -0.15) is 0 Å². The van der Waals surface area contributed by atoms with Crippen LogP contribution in [0, 0.1) is 11.6 Å². The molecule has 2 N–H and O–H groups in total. The highest BCUT2D eigenvalue weighted by atomic mass is 32.2. The van der Waals surface area contributed by atoms with E-state index >= 15 is 0 Å². The third kappa shape index (κ3) is 4.11. The van der Waals surface area contributed by atoms with Gasteiger partial charge in [0.05, 0.1) is 4.90 Å². The topological polar surface area (TPSA) is 75.3 Å². The maximum Gasteiger partial charge on any atom is 0.255 e. The standard InChI is InChI=1S/C15H14F2N2O3S/c1-2-18-23(21,22)12-5-3-4-10(8-12)15(20)19-11-6-7-13(16)14(17)9-11/h3-9,18H,2H2,1H3,(H,19,20). The van der Waals surface area contributed by atoms with Crippen molar-refractivity contribution in [1.82, 2.24) is 4.72 Å². The zero-order valence-electron chi connectivity index (χ0n) is 12.1. The van der Waals surface area contributed by atoms with Crippen molar-refractivity contribution in [3.63, 3.8) is 0 Å². The van der Waals surface area contributed by atoms with Gasteiger partial charge in [0.2, 0.25) is 10.0 Å². The van der Waals surface area contributed by atoms with Gasteiger partial charge in [-0.1, -0.05) is 13.0 Å². The van der Waals surface area contributed by atoms with Crippen LogP contribution >= 0.6 is 0 Å². The van der Waals surface area contributed by atoms with E-state index in [-0.39, 0.29) is 22.7 Å². The summed E-state index contributed by atoms with van der Waals surface area (Å²) in [6.07, 6.45) is 0. The number of sulfonamides is 1. The predicted octanol–water partition coefficient (Wildman–Crippen LogP) is 2.52. The molecule has 0 saturated heterocycles. The van der Waals surface area contributed by atoms with Gasteiger partial charge < -0.3 is 5.32 Å². The maximum atomic E-state index is 13.1. The summed E-state index contributed by atoms with van der Waals surface area (Å²) in [5, 5.41) is 2.38. The Hall–Kier alpha value is -2.32. The van der Waals surface area contributed by atoms with Crippen LogP contribution in [-0.4, -0.2) is 20.9 Å². The van der Waals surface area contributed by atoms with Gasteiger partial charge in [0.1, 0.15) is 0 Å². The lowest BCUT2D eigenvalue weighted by molar-refractivity contribution is 0.102. The second-order valence-corrected chi connectivity index (χ2v) is 6.38. The number of rotatable bonds is 5. The Morgan fingerprint density at radius 2 is 1.83 bits per heavy atom. The Labute approximate surface area is 132 Å². The first-order chi connectivity index (χ1) is 10.8. The number of anilines is 1. The Morgan fingerprint density at radius 3 is 2.48 bits per heavy atom. The highest BCUT2D eigenvalue weighted by Gasteiger charge is 2.15. The van der Waals surface area contributed by atoms with Crippen LogP contribution in [0.2, 0.25) is 0 Å². The Morgan fingerprint density at radius 1 is 1.09 bits per heavy atom. The molecule has 0 atom stereocenters. The summed E-state index contributed by atoms with van der Waals surface area (Å²) in [5.74, 6) is -2.75. The van der Waals surface area contributed by atoms with E-state index in [1.54, 1.807) is 6.92 Å². The molecule has 2 aromatic carbocycles. The molecule has 0 unspecified atom stereocenters. The lowest BCUT2D eigenvalue weighted by Gasteiger charge is -2.08. The number of halogens is 2. The second-order valence-electron chi connectivity index (χ2n) is 4.61. The van der Waals surface area contributed by atoms with Gasteiger partial charge in [-0.25, -0.2) is 21.9 Å². The molecule has 0 radical (unpaired) electrons. The molecule has 2 aromatic rings. The average Bonchev–Trinajstić information content (AvgIpc) is 2.51. The van der Waals surface area contributed by atoms with E-state index in [9.17, 15) is 22.0 Å². The molecule has 0 heterocycles. The largest absolute Gasteiger partial charge is 0.322 e. The van der Waals surface area contributed by atoms with Gasteiger partial charge in [-0.15, -0.1) is 0 Å². The van der Waals surface area contributed by atoms with E-state index in [1.165, 1.54) is 30.3 Å². The number of amides is 1. The van der Waals surface area contributed by atoms with Gasteiger partial charge in [-0.3, -0.25) is 4.79 Å². The molecule has 0 saturated carbocycles. The number of benzene rings is 2. The van der Waals surface area contributed by atoms with Crippen LogP contribution < -0.4 is 10.0 Å². The van der Waals surface area contributed by atoms with E-state index in [0.29, 0.717) is 0 Å². The van der Waals surface area contributed by atoms with Crippen molar-refractivity contribution in [3.05, 3.63) is 59.7 Å². The fourth-order valence-electron chi connectivity index (χ4n) is 1.85. The molecule has 0 spiro atoms. The van der Waals surface area contributed by atoms with E-state index in [1.807, 2.05) is 0 Å². The van der Waals surface area contributed by atoms with Crippen molar-refractivity contribution in [2.75, 3.05) is 11.9 Å². The summed E-state index contributed by atoms with van der Waals surface area (Å²) in [6.45, 7) is 1.85. The lowest BCUT2D eigenvalue weighted by atomic mass is 10.2. The summed E-state index contributed by atoms with van der Waals surface area (Å²) in [5.41, 5.74) is 0.141. The Bertz CT molecular complexity index is 838. The summed E-state index contributed by atoms with van der Waals surface area (Å²) < 4.78 is 52.1. The van der Waals surface area contributed by atoms with Crippen LogP contribution in [-0.2, 0) is 10.0 Å². The van der Waals surface area contributed by atoms with Crippen LogP contribution in [0.4, 0.5) is 14.5 Å². The quantitative estimate of drug-likeness (QED) is 0.878. The van der Waals surface area contributed by atoms with E-state index in [0.717, 1.165) is 12.1 Å². The molecule has 0 aromatic heterocycles. The molecule has 0 bridgehead atoms. The van der Waals surface area contributed by atoms with Crippen molar-refractivity contribution in [1.29, 1.82) is 0 Å². The van der Waals surface area contributed by atoms with Crippen molar-refractivity contribution in [2.24, 2.45) is 0 Å². The minimum Gasteiger partial charge on any atom is -0.322 e. The first kappa shape index (κ1) is 17.0. The van der Waals surface area contributed by atoms with Crippen molar-refractivity contribution in [3.8, 4) is 0 Å². The molecular formula is C15H14F2N2O3S.